The average Bonchev–Trinajstić information content (AvgIpc) is 2.53. The molecule has 0 unspecified atom stereocenters. The number of hydrogen-bond acceptors (Lipinski definition) is 0. The third-order valence-electron chi connectivity index (χ3n) is 3.97. The maximum Gasteiger partial charge on any atom is 0.133 e. The molecule has 0 saturated carbocycles. The quantitative estimate of drug-likeness (QED) is 0.381. The molecule has 0 N–H and O–H groups in total. The van der Waals surface area contributed by atoms with Crippen LogP contribution < -0.4 is 0 Å². The van der Waals surface area contributed by atoms with E-state index in [9.17, 15) is 8.78 Å². The summed E-state index contributed by atoms with van der Waals surface area (Å²) in [6.45, 7) is 0. The monoisotopic (exact) mass is 290 g/mol. The molecule has 0 aliphatic rings. The Morgan fingerprint density at radius 1 is 0.545 bits per heavy atom. The van der Waals surface area contributed by atoms with Crippen LogP contribution in [0.3, 0.4) is 0 Å². The van der Waals surface area contributed by atoms with Gasteiger partial charge in [-0.1, -0.05) is 42.5 Å². The van der Waals surface area contributed by atoms with E-state index < -0.39 is 11.6 Å². The first kappa shape index (κ1) is 13.0. The molecule has 22 heavy (non-hydrogen) atoms. The van der Waals surface area contributed by atoms with Crippen LogP contribution in [0.2, 0.25) is 0 Å². The molecule has 0 aromatic heterocycles. The fraction of sp³-hybridized carbons (Fsp3) is 0. The highest BCUT2D eigenvalue weighted by atomic mass is 19.1. The summed E-state index contributed by atoms with van der Waals surface area (Å²) in [5.41, 5.74) is 1.20. The maximum atomic E-state index is 14.1. The second kappa shape index (κ2) is 4.92. The van der Waals surface area contributed by atoms with Gasteiger partial charge in [-0.15, -0.1) is 0 Å². The van der Waals surface area contributed by atoms with Crippen LogP contribution >= 0.6 is 0 Å². The average molecular weight is 290 g/mol. The first-order valence-electron chi connectivity index (χ1n) is 7.09. The van der Waals surface area contributed by atoms with E-state index in [4.69, 9.17) is 0 Å². The number of rotatable bonds is 1. The van der Waals surface area contributed by atoms with Crippen LogP contribution in [-0.4, -0.2) is 0 Å². The summed E-state index contributed by atoms with van der Waals surface area (Å²) in [7, 11) is 0. The van der Waals surface area contributed by atoms with Crippen LogP contribution in [-0.2, 0) is 0 Å². The summed E-state index contributed by atoms with van der Waals surface area (Å²) >= 11 is 0. The van der Waals surface area contributed by atoms with Crippen molar-refractivity contribution in [2.24, 2.45) is 0 Å². The fourth-order valence-electron chi connectivity index (χ4n) is 2.91. The lowest BCUT2D eigenvalue weighted by molar-refractivity contribution is 0.585. The molecular formula is C20H12F2. The number of halogens is 2. The Hall–Kier alpha value is -2.74. The Morgan fingerprint density at radius 3 is 2.05 bits per heavy atom. The SMILES string of the molecule is Fc1ccc(-c2cccc3cc4ccccc4cc23)c(F)c1. The van der Waals surface area contributed by atoms with Crippen molar-refractivity contribution in [2.45, 2.75) is 0 Å². The molecule has 2 heteroatoms. The Balaban J connectivity index is 2.07. The van der Waals surface area contributed by atoms with Gasteiger partial charge in [-0.25, -0.2) is 8.78 Å². The van der Waals surface area contributed by atoms with Crippen molar-refractivity contribution in [3.63, 3.8) is 0 Å². The van der Waals surface area contributed by atoms with Gasteiger partial charge in [-0.3, -0.25) is 0 Å². The molecule has 0 aliphatic carbocycles. The van der Waals surface area contributed by atoms with Crippen LogP contribution in [0.15, 0.2) is 72.8 Å². The maximum absolute atomic E-state index is 14.1. The summed E-state index contributed by atoms with van der Waals surface area (Å²) in [6.07, 6.45) is 0. The van der Waals surface area contributed by atoms with Crippen LogP contribution in [0.25, 0.3) is 32.7 Å². The molecule has 0 amide bonds. The van der Waals surface area contributed by atoms with E-state index in [1.165, 1.54) is 12.1 Å². The molecule has 0 spiro atoms. The van der Waals surface area contributed by atoms with E-state index in [0.29, 0.717) is 5.56 Å². The summed E-state index contributed by atoms with van der Waals surface area (Å²) < 4.78 is 27.3. The highest BCUT2D eigenvalue weighted by Gasteiger charge is 2.10. The third kappa shape index (κ3) is 2.04. The molecule has 0 bridgehead atoms. The first-order chi connectivity index (χ1) is 10.7. The van der Waals surface area contributed by atoms with E-state index in [1.54, 1.807) is 0 Å². The Kier molecular flexibility index (Phi) is 2.90. The predicted octanol–water partition coefficient (Wildman–Crippen LogP) is 5.94. The molecule has 0 atom stereocenters. The zero-order chi connectivity index (χ0) is 15.1. The Bertz CT molecular complexity index is 1000. The minimum absolute atomic E-state index is 0.419. The standard InChI is InChI=1S/C20H12F2/c21-16-8-9-18(20(22)12-16)17-7-3-6-15-10-13-4-1-2-5-14(13)11-19(15)17/h1-12H. The second-order valence-electron chi connectivity index (χ2n) is 5.35. The largest absolute Gasteiger partial charge is 0.207 e. The predicted molar refractivity (Wildman–Crippen MR) is 86.8 cm³/mol. The van der Waals surface area contributed by atoms with Gasteiger partial charge in [0.2, 0.25) is 0 Å². The molecule has 0 heterocycles. The van der Waals surface area contributed by atoms with Gasteiger partial charge < -0.3 is 0 Å². The highest BCUT2D eigenvalue weighted by Crippen LogP contribution is 2.33. The summed E-state index contributed by atoms with van der Waals surface area (Å²) in [5.74, 6) is -1.10. The second-order valence-corrected chi connectivity index (χ2v) is 5.35. The van der Waals surface area contributed by atoms with Crippen LogP contribution in [0, 0.1) is 11.6 Å². The summed E-state index contributed by atoms with van der Waals surface area (Å²) in [4.78, 5) is 0. The van der Waals surface area contributed by atoms with Gasteiger partial charge >= 0.3 is 0 Å². The topological polar surface area (TPSA) is 0 Å². The number of benzene rings is 4. The van der Waals surface area contributed by atoms with Crippen LogP contribution in [0.5, 0.6) is 0 Å². The van der Waals surface area contributed by atoms with Crippen molar-refractivity contribution in [2.75, 3.05) is 0 Å². The molecule has 0 radical (unpaired) electrons. The molecule has 4 rings (SSSR count). The number of hydrogen-bond donors (Lipinski definition) is 0. The van der Waals surface area contributed by atoms with Gasteiger partial charge in [0.15, 0.2) is 0 Å². The summed E-state index contributed by atoms with van der Waals surface area (Å²) in [5, 5.41) is 4.25. The van der Waals surface area contributed by atoms with E-state index in [1.807, 2.05) is 36.4 Å². The van der Waals surface area contributed by atoms with Crippen molar-refractivity contribution >= 4 is 21.5 Å². The van der Waals surface area contributed by atoms with E-state index in [0.717, 1.165) is 33.2 Å². The zero-order valence-electron chi connectivity index (χ0n) is 11.7. The first-order valence-corrected chi connectivity index (χ1v) is 7.09. The van der Waals surface area contributed by atoms with Crippen LogP contribution in [0.4, 0.5) is 8.78 Å². The molecular weight excluding hydrogens is 278 g/mol. The minimum Gasteiger partial charge on any atom is -0.207 e. The number of fused-ring (bicyclic) bond motifs is 2. The van der Waals surface area contributed by atoms with E-state index in [-0.39, 0.29) is 0 Å². The van der Waals surface area contributed by atoms with Gasteiger partial charge in [0.05, 0.1) is 0 Å². The van der Waals surface area contributed by atoms with Gasteiger partial charge in [-0.05, 0) is 51.4 Å². The van der Waals surface area contributed by atoms with E-state index in [2.05, 4.69) is 18.2 Å². The lowest BCUT2D eigenvalue weighted by atomic mass is 9.95. The molecule has 4 aromatic rings. The minimum atomic E-state index is -0.563. The van der Waals surface area contributed by atoms with E-state index >= 15 is 0 Å². The molecule has 0 nitrogen and oxygen atoms in total. The lowest BCUT2D eigenvalue weighted by Gasteiger charge is -2.10. The Labute approximate surface area is 126 Å². The van der Waals surface area contributed by atoms with Crippen LogP contribution in [0.1, 0.15) is 0 Å². The highest BCUT2D eigenvalue weighted by molar-refractivity contribution is 6.04. The van der Waals surface area contributed by atoms with Crippen molar-refractivity contribution < 1.29 is 8.78 Å². The Morgan fingerprint density at radius 2 is 1.27 bits per heavy atom. The van der Waals surface area contributed by atoms with Gasteiger partial charge in [0, 0.05) is 11.6 Å². The molecule has 4 aromatic carbocycles. The molecule has 0 fully saturated rings. The van der Waals surface area contributed by atoms with Gasteiger partial charge in [0.25, 0.3) is 0 Å². The van der Waals surface area contributed by atoms with Gasteiger partial charge in [0.1, 0.15) is 11.6 Å². The molecule has 106 valence electrons. The fourth-order valence-corrected chi connectivity index (χ4v) is 2.91. The molecule has 0 aliphatic heterocycles. The smallest absolute Gasteiger partial charge is 0.133 e. The summed E-state index contributed by atoms with van der Waals surface area (Å²) in [6, 6.07) is 21.7. The van der Waals surface area contributed by atoms with Crippen molar-refractivity contribution in [1.29, 1.82) is 0 Å². The lowest BCUT2D eigenvalue weighted by Crippen LogP contribution is -1.88. The van der Waals surface area contributed by atoms with Gasteiger partial charge in [-0.2, -0.15) is 0 Å². The third-order valence-corrected chi connectivity index (χ3v) is 3.97. The zero-order valence-corrected chi connectivity index (χ0v) is 11.7. The normalized spacial score (nSPS) is 11.2. The molecule has 0 saturated heterocycles. The van der Waals surface area contributed by atoms with Crippen molar-refractivity contribution in [3.05, 3.63) is 84.4 Å². The van der Waals surface area contributed by atoms with Crippen molar-refractivity contribution in [3.8, 4) is 11.1 Å². The van der Waals surface area contributed by atoms with Crippen molar-refractivity contribution in [1.82, 2.24) is 0 Å².